The molecule has 0 aliphatic heterocycles. The van der Waals surface area contributed by atoms with Crippen molar-refractivity contribution in [3.63, 3.8) is 0 Å². The lowest BCUT2D eigenvalue weighted by Crippen LogP contribution is -2.06. The van der Waals surface area contributed by atoms with Crippen LogP contribution in [0.5, 0.6) is 5.75 Å². The molecule has 0 amide bonds. The first-order valence-electron chi connectivity index (χ1n) is 7.75. The van der Waals surface area contributed by atoms with E-state index >= 15 is 0 Å². The predicted octanol–water partition coefficient (Wildman–Crippen LogP) is 5.22. The van der Waals surface area contributed by atoms with E-state index in [0.29, 0.717) is 5.75 Å². The first-order chi connectivity index (χ1) is 10.1. The highest BCUT2D eigenvalue weighted by molar-refractivity contribution is 5.51. The van der Waals surface area contributed by atoms with E-state index in [4.69, 9.17) is 0 Å². The van der Waals surface area contributed by atoms with Gasteiger partial charge in [0.2, 0.25) is 0 Å². The van der Waals surface area contributed by atoms with E-state index in [1.54, 1.807) is 6.07 Å². The van der Waals surface area contributed by atoms with Gasteiger partial charge in [0, 0.05) is 11.7 Å². The van der Waals surface area contributed by atoms with Gasteiger partial charge in [-0.15, -0.1) is 0 Å². The normalized spacial score (nSPS) is 12.1. The maximum absolute atomic E-state index is 9.57. The fourth-order valence-corrected chi connectivity index (χ4v) is 2.43. The third kappa shape index (κ3) is 4.25. The van der Waals surface area contributed by atoms with E-state index in [1.165, 1.54) is 24.0 Å². The molecule has 112 valence electrons. The summed E-state index contributed by atoms with van der Waals surface area (Å²) < 4.78 is 0. The number of hydrogen-bond donors (Lipinski definition) is 2. The van der Waals surface area contributed by atoms with Crippen LogP contribution in [0.15, 0.2) is 42.5 Å². The molecule has 0 bridgehead atoms. The van der Waals surface area contributed by atoms with E-state index in [-0.39, 0.29) is 6.04 Å². The first-order valence-corrected chi connectivity index (χ1v) is 7.75. The van der Waals surface area contributed by atoms with Gasteiger partial charge in [0.25, 0.3) is 0 Å². The fourth-order valence-electron chi connectivity index (χ4n) is 2.43. The summed E-state index contributed by atoms with van der Waals surface area (Å²) in [5, 5.41) is 13.0. The summed E-state index contributed by atoms with van der Waals surface area (Å²) in [6.45, 7) is 6.29. The number of anilines is 1. The zero-order valence-electron chi connectivity index (χ0n) is 13.2. The molecule has 2 N–H and O–H groups in total. The summed E-state index contributed by atoms with van der Waals surface area (Å²) in [5.74, 6) is 0.341. The molecule has 2 aromatic rings. The molecule has 0 aliphatic carbocycles. The standard InChI is InChI=1S/C19H25NO/c1-4-5-6-16-7-9-17(10-8-16)15(3)20-18-11-12-19(21)14(2)13-18/h7-13,15,20-21H,4-6H2,1-3H3. The van der Waals surface area contributed by atoms with Gasteiger partial charge < -0.3 is 10.4 Å². The lowest BCUT2D eigenvalue weighted by Gasteiger charge is -2.17. The topological polar surface area (TPSA) is 32.3 Å². The average Bonchev–Trinajstić information content (AvgIpc) is 2.49. The van der Waals surface area contributed by atoms with Gasteiger partial charge in [-0.2, -0.15) is 0 Å². The van der Waals surface area contributed by atoms with Crippen molar-refractivity contribution in [2.24, 2.45) is 0 Å². The van der Waals surface area contributed by atoms with Crippen molar-refractivity contribution in [3.8, 4) is 5.75 Å². The van der Waals surface area contributed by atoms with Crippen LogP contribution in [-0.2, 0) is 6.42 Å². The molecule has 2 rings (SSSR count). The largest absolute Gasteiger partial charge is 0.508 e. The summed E-state index contributed by atoms with van der Waals surface area (Å²) in [5.41, 5.74) is 4.62. The molecule has 0 aliphatic rings. The van der Waals surface area contributed by atoms with Crippen LogP contribution < -0.4 is 5.32 Å². The van der Waals surface area contributed by atoms with Gasteiger partial charge >= 0.3 is 0 Å². The third-order valence-corrected chi connectivity index (χ3v) is 3.88. The Bertz CT molecular complexity index is 575. The van der Waals surface area contributed by atoms with E-state index in [9.17, 15) is 5.11 Å². The van der Waals surface area contributed by atoms with Gasteiger partial charge in [-0.1, -0.05) is 37.6 Å². The second-order valence-electron chi connectivity index (χ2n) is 5.71. The van der Waals surface area contributed by atoms with Crippen molar-refractivity contribution in [1.29, 1.82) is 0 Å². The van der Waals surface area contributed by atoms with E-state index in [1.807, 2.05) is 19.1 Å². The quantitative estimate of drug-likeness (QED) is 0.713. The van der Waals surface area contributed by atoms with Crippen molar-refractivity contribution in [2.75, 3.05) is 5.32 Å². The number of rotatable bonds is 6. The number of unbranched alkanes of at least 4 members (excludes halogenated alkanes) is 1. The predicted molar refractivity (Wildman–Crippen MR) is 89.9 cm³/mol. The molecule has 1 unspecified atom stereocenters. The number of phenolic OH excluding ortho intramolecular Hbond substituents is 1. The Morgan fingerprint density at radius 2 is 1.81 bits per heavy atom. The Balaban J connectivity index is 2.02. The van der Waals surface area contributed by atoms with Gasteiger partial charge in [-0.3, -0.25) is 0 Å². The minimum atomic E-state index is 0.245. The van der Waals surface area contributed by atoms with Crippen molar-refractivity contribution < 1.29 is 5.11 Å². The summed E-state index contributed by atoms with van der Waals surface area (Å²) >= 11 is 0. The molecule has 0 radical (unpaired) electrons. The number of aromatic hydroxyl groups is 1. The molecule has 0 heterocycles. The smallest absolute Gasteiger partial charge is 0.118 e. The second kappa shape index (κ2) is 7.16. The Morgan fingerprint density at radius 1 is 1.10 bits per heavy atom. The van der Waals surface area contributed by atoms with Gasteiger partial charge in [0.1, 0.15) is 5.75 Å². The molecule has 2 aromatic carbocycles. The summed E-state index contributed by atoms with van der Waals surface area (Å²) in [6, 6.07) is 14.7. The van der Waals surface area contributed by atoms with Crippen molar-refractivity contribution in [1.82, 2.24) is 0 Å². The Kier molecular flexibility index (Phi) is 5.26. The Hall–Kier alpha value is -1.96. The maximum atomic E-state index is 9.57. The molecule has 0 spiro atoms. The minimum absolute atomic E-state index is 0.245. The van der Waals surface area contributed by atoms with Crippen LogP contribution in [0.2, 0.25) is 0 Å². The third-order valence-electron chi connectivity index (χ3n) is 3.88. The molecule has 21 heavy (non-hydrogen) atoms. The lowest BCUT2D eigenvalue weighted by atomic mass is 10.0. The maximum Gasteiger partial charge on any atom is 0.118 e. The van der Waals surface area contributed by atoms with Gasteiger partial charge in [-0.25, -0.2) is 0 Å². The highest BCUT2D eigenvalue weighted by Crippen LogP contribution is 2.24. The van der Waals surface area contributed by atoms with Crippen LogP contribution in [0, 0.1) is 6.92 Å². The summed E-state index contributed by atoms with van der Waals surface area (Å²) in [4.78, 5) is 0. The number of benzene rings is 2. The zero-order chi connectivity index (χ0) is 15.2. The number of aryl methyl sites for hydroxylation is 2. The van der Waals surface area contributed by atoms with Gasteiger partial charge in [0.15, 0.2) is 0 Å². The minimum Gasteiger partial charge on any atom is -0.508 e. The second-order valence-corrected chi connectivity index (χ2v) is 5.71. The molecule has 0 saturated heterocycles. The summed E-state index contributed by atoms with van der Waals surface area (Å²) in [7, 11) is 0. The first kappa shape index (κ1) is 15.4. The van der Waals surface area contributed by atoms with Gasteiger partial charge in [0.05, 0.1) is 0 Å². The summed E-state index contributed by atoms with van der Waals surface area (Å²) in [6.07, 6.45) is 3.65. The highest BCUT2D eigenvalue weighted by Gasteiger charge is 2.06. The van der Waals surface area contributed by atoms with Gasteiger partial charge in [-0.05, 0) is 61.6 Å². The molecule has 0 saturated carbocycles. The Morgan fingerprint density at radius 3 is 2.43 bits per heavy atom. The van der Waals surface area contributed by atoms with Crippen molar-refractivity contribution in [2.45, 2.75) is 46.1 Å². The molecule has 0 aromatic heterocycles. The van der Waals surface area contributed by atoms with Crippen LogP contribution in [0.25, 0.3) is 0 Å². The number of nitrogens with one attached hydrogen (secondary N) is 1. The van der Waals surface area contributed by atoms with Crippen LogP contribution in [0.4, 0.5) is 5.69 Å². The van der Waals surface area contributed by atoms with Crippen LogP contribution in [-0.4, -0.2) is 5.11 Å². The van der Waals surface area contributed by atoms with E-state index < -0.39 is 0 Å². The number of hydrogen-bond acceptors (Lipinski definition) is 2. The van der Waals surface area contributed by atoms with E-state index in [0.717, 1.165) is 17.7 Å². The lowest BCUT2D eigenvalue weighted by molar-refractivity contribution is 0.471. The molecular weight excluding hydrogens is 258 g/mol. The number of phenols is 1. The molecular formula is C19H25NO. The van der Waals surface area contributed by atoms with Crippen LogP contribution in [0.1, 0.15) is 49.4 Å². The Labute approximate surface area is 127 Å². The molecule has 0 fully saturated rings. The molecule has 2 nitrogen and oxygen atoms in total. The van der Waals surface area contributed by atoms with Crippen molar-refractivity contribution >= 4 is 5.69 Å². The average molecular weight is 283 g/mol. The molecule has 2 heteroatoms. The van der Waals surface area contributed by atoms with Crippen LogP contribution in [0.3, 0.4) is 0 Å². The molecule has 1 atom stereocenters. The van der Waals surface area contributed by atoms with Crippen molar-refractivity contribution in [3.05, 3.63) is 59.2 Å². The zero-order valence-corrected chi connectivity index (χ0v) is 13.2. The monoisotopic (exact) mass is 283 g/mol. The highest BCUT2D eigenvalue weighted by atomic mass is 16.3. The SMILES string of the molecule is CCCCc1ccc(C(C)Nc2ccc(O)c(C)c2)cc1. The van der Waals surface area contributed by atoms with E-state index in [2.05, 4.69) is 43.4 Å². The van der Waals surface area contributed by atoms with Crippen LogP contribution >= 0.6 is 0 Å². The fraction of sp³-hybridized carbons (Fsp3) is 0.368.